The third-order valence-corrected chi connectivity index (χ3v) is 5.66. The first-order valence-electron chi connectivity index (χ1n) is 8.57. The van der Waals surface area contributed by atoms with E-state index in [1.165, 1.54) is 5.56 Å². The average Bonchev–Trinajstić information content (AvgIpc) is 3.33. The van der Waals surface area contributed by atoms with Crippen molar-refractivity contribution in [1.29, 1.82) is 0 Å². The van der Waals surface area contributed by atoms with Crippen LogP contribution in [0.15, 0.2) is 41.2 Å². The lowest BCUT2D eigenvalue weighted by atomic mass is 9.96. The van der Waals surface area contributed by atoms with E-state index in [1.54, 1.807) is 11.3 Å². The number of nitrogens with one attached hydrogen (secondary N) is 2. The summed E-state index contributed by atoms with van der Waals surface area (Å²) in [5.74, 6) is 0.190. The summed E-state index contributed by atoms with van der Waals surface area (Å²) >= 11 is 1.69. The number of thiophene rings is 1. The highest BCUT2D eigenvalue weighted by Gasteiger charge is 2.37. The standard InChI is InChI=1S/C18H22N4OS/c23-18(16-11-15(20-21-16)13-7-10-24-12-13)22-9-4-2-6-17(22)14-5-1-3-8-19-14/h1,3,5,7-8,10,12,15-17,20-21H,2,4,6,9,11H2. The highest BCUT2D eigenvalue weighted by atomic mass is 32.1. The highest BCUT2D eigenvalue weighted by Crippen LogP contribution is 2.32. The predicted molar refractivity (Wildman–Crippen MR) is 94.3 cm³/mol. The Hall–Kier alpha value is -1.76. The lowest BCUT2D eigenvalue weighted by Crippen LogP contribution is -2.48. The molecule has 0 bridgehead atoms. The first kappa shape index (κ1) is 15.7. The number of piperidine rings is 1. The summed E-state index contributed by atoms with van der Waals surface area (Å²) in [5, 5.41) is 4.22. The molecule has 2 fully saturated rings. The molecule has 4 heterocycles. The normalized spacial score (nSPS) is 27.3. The molecule has 24 heavy (non-hydrogen) atoms. The summed E-state index contributed by atoms with van der Waals surface area (Å²) in [6.07, 6.45) is 5.83. The van der Waals surface area contributed by atoms with Crippen LogP contribution >= 0.6 is 11.3 Å². The molecule has 2 aliphatic heterocycles. The number of hydrogen-bond donors (Lipinski definition) is 2. The van der Waals surface area contributed by atoms with E-state index in [1.807, 2.05) is 29.3 Å². The summed E-state index contributed by atoms with van der Waals surface area (Å²) in [5.41, 5.74) is 8.74. The third kappa shape index (κ3) is 3.09. The monoisotopic (exact) mass is 342 g/mol. The van der Waals surface area contributed by atoms with Crippen LogP contribution in [-0.2, 0) is 4.79 Å². The second-order valence-corrected chi connectivity index (χ2v) is 7.26. The molecule has 0 aliphatic carbocycles. The number of pyridine rings is 1. The fraction of sp³-hybridized carbons (Fsp3) is 0.444. The Morgan fingerprint density at radius 3 is 3.00 bits per heavy atom. The van der Waals surface area contributed by atoms with Gasteiger partial charge in [0.2, 0.25) is 5.91 Å². The van der Waals surface area contributed by atoms with Crippen LogP contribution in [0.4, 0.5) is 0 Å². The van der Waals surface area contributed by atoms with E-state index in [0.29, 0.717) is 0 Å². The van der Waals surface area contributed by atoms with Crippen molar-refractivity contribution < 1.29 is 4.79 Å². The minimum absolute atomic E-state index is 0.106. The average molecular weight is 342 g/mol. The zero-order chi connectivity index (χ0) is 16.4. The minimum Gasteiger partial charge on any atom is -0.333 e. The lowest BCUT2D eigenvalue weighted by Gasteiger charge is -2.36. The number of rotatable bonds is 3. The minimum atomic E-state index is -0.167. The zero-order valence-electron chi connectivity index (χ0n) is 13.5. The third-order valence-electron chi connectivity index (χ3n) is 4.96. The molecule has 6 heteroatoms. The number of nitrogens with zero attached hydrogens (tertiary/aromatic N) is 2. The molecular formula is C18H22N4OS. The number of hydrogen-bond acceptors (Lipinski definition) is 5. The molecule has 0 radical (unpaired) electrons. The van der Waals surface area contributed by atoms with Crippen molar-refractivity contribution in [1.82, 2.24) is 20.7 Å². The molecule has 2 saturated heterocycles. The Labute approximate surface area is 146 Å². The van der Waals surface area contributed by atoms with Gasteiger partial charge in [-0.3, -0.25) is 9.78 Å². The summed E-state index contributed by atoms with van der Waals surface area (Å²) < 4.78 is 0. The van der Waals surface area contributed by atoms with E-state index in [9.17, 15) is 4.79 Å². The Kier molecular flexibility index (Phi) is 4.60. The molecule has 126 valence electrons. The van der Waals surface area contributed by atoms with Gasteiger partial charge in [0.05, 0.1) is 11.7 Å². The van der Waals surface area contributed by atoms with E-state index in [4.69, 9.17) is 0 Å². The van der Waals surface area contributed by atoms with E-state index in [0.717, 1.165) is 37.9 Å². The molecule has 5 nitrogen and oxygen atoms in total. The predicted octanol–water partition coefficient (Wildman–Crippen LogP) is 2.80. The van der Waals surface area contributed by atoms with Crippen LogP contribution < -0.4 is 10.9 Å². The molecule has 3 unspecified atom stereocenters. The van der Waals surface area contributed by atoms with Gasteiger partial charge in [0.1, 0.15) is 6.04 Å². The fourth-order valence-corrected chi connectivity index (χ4v) is 4.40. The number of carbonyl (C=O) groups is 1. The quantitative estimate of drug-likeness (QED) is 0.901. The Morgan fingerprint density at radius 1 is 1.25 bits per heavy atom. The van der Waals surface area contributed by atoms with Crippen molar-refractivity contribution in [3.8, 4) is 0 Å². The molecule has 2 aromatic heterocycles. The smallest absolute Gasteiger partial charge is 0.241 e. The number of aromatic nitrogens is 1. The van der Waals surface area contributed by atoms with E-state index in [2.05, 4.69) is 32.7 Å². The number of amides is 1. The van der Waals surface area contributed by atoms with Crippen molar-refractivity contribution in [2.24, 2.45) is 0 Å². The van der Waals surface area contributed by atoms with Crippen LogP contribution in [0.2, 0.25) is 0 Å². The van der Waals surface area contributed by atoms with Crippen LogP contribution in [0.5, 0.6) is 0 Å². The van der Waals surface area contributed by atoms with Crippen molar-refractivity contribution in [2.75, 3.05) is 6.54 Å². The SMILES string of the molecule is O=C(C1CC(c2ccsc2)NN1)N1CCCCC1c1ccccn1. The van der Waals surface area contributed by atoms with E-state index in [-0.39, 0.29) is 24.0 Å². The highest BCUT2D eigenvalue weighted by molar-refractivity contribution is 7.07. The van der Waals surface area contributed by atoms with Crippen molar-refractivity contribution in [2.45, 2.75) is 43.8 Å². The van der Waals surface area contributed by atoms with Crippen LogP contribution in [0.25, 0.3) is 0 Å². The van der Waals surface area contributed by atoms with Crippen LogP contribution in [0.3, 0.4) is 0 Å². The maximum atomic E-state index is 13.1. The fourth-order valence-electron chi connectivity index (χ4n) is 3.69. The molecule has 0 aromatic carbocycles. The summed E-state index contributed by atoms with van der Waals surface area (Å²) in [6.45, 7) is 0.821. The summed E-state index contributed by atoms with van der Waals surface area (Å²) in [4.78, 5) is 19.6. The Morgan fingerprint density at radius 2 is 2.21 bits per heavy atom. The van der Waals surface area contributed by atoms with Crippen molar-refractivity contribution >= 4 is 17.2 Å². The zero-order valence-corrected chi connectivity index (χ0v) is 14.3. The largest absolute Gasteiger partial charge is 0.333 e. The van der Waals surface area contributed by atoms with Gasteiger partial charge in [-0.25, -0.2) is 10.9 Å². The Balaban J connectivity index is 1.48. The maximum absolute atomic E-state index is 13.1. The van der Waals surface area contributed by atoms with Gasteiger partial charge < -0.3 is 4.90 Å². The van der Waals surface area contributed by atoms with Gasteiger partial charge in [-0.2, -0.15) is 11.3 Å². The first-order chi connectivity index (χ1) is 11.8. The maximum Gasteiger partial charge on any atom is 0.241 e. The van der Waals surface area contributed by atoms with Gasteiger partial charge in [-0.15, -0.1) is 0 Å². The second kappa shape index (κ2) is 7.01. The molecule has 0 saturated carbocycles. The van der Waals surface area contributed by atoms with Crippen molar-refractivity contribution in [3.63, 3.8) is 0 Å². The van der Waals surface area contributed by atoms with Gasteiger partial charge >= 0.3 is 0 Å². The van der Waals surface area contributed by atoms with Gasteiger partial charge in [0, 0.05) is 18.8 Å². The number of likely N-dealkylation sites (tertiary alicyclic amines) is 1. The van der Waals surface area contributed by atoms with E-state index >= 15 is 0 Å². The topological polar surface area (TPSA) is 57.3 Å². The summed E-state index contributed by atoms with van der Waals surface area (Å²) in [6, 6.07) is 8.23. The van der Waals surface area contributed by atoms with Gasteiger partial charge in [-0.05, 0) is 60.2 Å². The molecule has 4 rings (SSSR count). The molecule has 2 aliphatic rings. The Bertz CT molecular complexity index is 676. The lowest BCUT2D eigenvalue weighted by molar-refractivity contribution is -0.137. The number of carbonyl (C=O) groups excluding carboxylic acids is 1. The second-order valence-electron chi connectivity index (χ2n) is 6.48. The molecule has 0 spiro atoms. The molecule has 1 amide bonds. The van der Waals surface area contributed by atoms with Gasteiger partial charge in [0.25, 0.3) is 0 Å². The number of hydrazine groups is 1. The van der Waals surface area contributed by atoms with Crippen LogP contribution in [0.1, 0.15) is 49.0 Å². The van der Waals surface area contributed by atoms with Crippen LogP contribution in [-0.4, -0.2) is 28.4 Å². The van der Waals surface area contributed by atoms with Crippen LogP contribution in [0, 0.1) is 0 Å². The van der Waals surface area contributed by atoms with E-state index < -0.39 is 0 Å². The van der Waals surface area contributed by atoms with Gasteiger partial charge in [-0.1, -0.05) is 6.07 Å². The van der Waals surface area contributed by atoms with Gasteiger partial charge in [0.15, 0.2) is 0 Å². The molecule has 3 atom stereocenters. The molecule has 2 aromatic rings. The summed E-state index contributed by atoms with van der Waals surface area (Å²) in [7, 11) is 0. The van der Waals surface area contributed by atoms with Crippen molar-refractivity contribution in [3.05, 3.63) is 52.5 Å². The first-order valence-corrected chi connectivity index (χ1v) is 9.52. The molecule has 2 N–H and O–H groups in total. The molecular weight excluding hydrogens is 320 g/mol.